The number of piperazine rings is 1. The maximum atomic E-state index is 17.2. The van der Waals surface area contributed by atoms with Crippen LogP contribution in [0.3, 0.4) is 0 Å². The largest absolute Gasteiger partial charge is 0.508 e. The van der Waals surface area contributed by atoms with Crippen molar-refractivity contribution in [1.82, 2.24) is 34.4 Å². The third kappa shape index (κ3) is 6.32. The molecule has 4 aliphatic rings. The standard InChI is InChI=1S/C41H45F3N8O3/c1-3-29-33(43)9-6-25-18-28(53)20-32(35(25)29)30-7-8-31-37(36(30)44)45-40(55-24-41-10-4-12-51(41)22-26(42)21-41)46-38(31)50-11-5-13-52-27(23-50)19-34(47-52)39(54)49-16-14-48(2)15-17-49/h6-9,18-20,26,53H,3-5,10-17,21-24H2,1-2H3/t26-,41+/m1/s1. The monoisotopic (exact) mass is 754 g/mol. The Bertz CT molecular complexity index is 2310. The van der Waals surface area contributed by atoms with E-state index < -0.39 is 23.3 Å². The molecular weight excluding hydrogens is 709 g/mol. The van der Waals surface area contributed by atoms with Gasteiger partial charge in [-0.25, -0.2) is 13.2 Å². The van der Waals surface area contributed by atoms with Crippen LogP contribution in [-0.4, -0.2) is 117 Å². The van der Waals surface area contributed by atoms with Crippen molar-refractivity contribution in [2.45, 2.75) is 63.8 Å². The van der Waals surface area contributed by atoms with Gasteiger partial charge in [-0.3, -0.25) is 14.4 Å². The number of hydrogen-bond acceptors (Lipinski definition) is 9. The number of phenols is 1. The number of benzene rings is 3. The van der Waals surface area contributed by atoms with Gasteiger partial charge in [0.1, 0.15) is 35.7 Å². The summed E-state index contributed by atoms with van der Waals surface area (Å²) in [6.45, 7) is 7.59. The molecule has 3 aromatic carbocycles. The Morgan fingerprint density at radius 2 is 1.82 bits per heavy atom. The second-order valence-electron chi connectivity index (χ2n) is 15.6. The molecule has 6 heterocycles. The lowest BCUT2D eigenvalue weighted by Gasteiger charge is -2.31. The second kappa shape index (κ2) is 14.0. The number of anilines is 1. The average Bonchev–Trinajstić information content (AvgIpc) is 3.81. The lowest BCUT2D eigenvalue weighted by atomic mass is 9.92. The third-order valence-electron chi connectivity index (χ3n) is 12.1. The quantitative estimate of drug-likeness (QED) is 0.216. The number of alkyl halides is 1. The van der Waals surface area contributed by atoms with E-state index in [0.29, 0.717) is 97.3 Å². The summed E-state index contributed by atoms with van der Waals surface area (Å²) in [5, 5.41) is 17.0. The highest BCUT2D eigenvalue weighted by Crippen LogP contribution is 2.42. The first-order chi connectivity index (χ1) is 26.6. The molecule has 5 aromatic rings. The Hall–Kier alpha value is -4.95. The number of halogens is 3. The second-order valence-corrected chi connectivity index (χ2v) is 15.6. The van der Waals surface area contributed by atoms with E-state index >= 15 is 8.78 Å². The molecule has 288 valence electrons. The zero-order chi connectivity index (χ0) is 38.0. The van der Waals surface area contributed by atoms with Gasteiger partial charge in [0.25, 0.3) is 5.91 Å². The fraction of sp³-hybridized carbons (Fsp3) is 0.463. The Kier molecular flexibility index (Phi) is 9.07. The number of fused-ring (bicyclic) bond motifs is 4. The molecular formula is C41H45F3N8O3. The Morgan fingerprint density at radius 3 is 2.64 bits per heavy atom. The Morgan fingerprint density at radius 1 is 0.982 bits per heavy atom. The van der Waals surface area contributed by atoms with Gasteiger partial charge >= 0.3 is 6.01 Å². The summed E-state index contributed by atoms with van der Waals surface area (Å²) in [4.78, 5) is 31.3. The molecule has 0 spiro atoms. The number of hydrogen-bond donors (Lipinski definition) is 1. The summed E-state index contributed by atoms with van der Waals surface area (Å²) in [5.41, 5.74) is 1.71. The van der Waals surface area contributed by atoms with Crippen LogP contribution in [-0.2, 0) is 19.5 Å². The zero-order valence-electron chi connectivity index (χ0n) is 31.2. The van der Waals surface area contributed by atoms with Crippen LogP contribution in [0.5, 0.6) is 11.8 Å². The lowest BCUT2D eigenvalue weighted by molar-refractivity contribution is 0.0657. The highest BCUT2D eigenvalue weighted by atomic mass is 19.1. The molecule has 0 unspecified atom stereocenters. The van der Waals surface area contributed by atoms with Gasteiger partial charge in [-0.2, -0.15) is 15.1 Å². The van der Waals surface area contributed by atoms with Gasteiger partial charge < -0.3 is 24.5 Å². The number of carbonyl (C=O) groups is 1. The summed E-state index contributed by atoms with van der Waals surface area (Å²) in [6, 6.07) is 11.2. The third-order valence-corrected chi connectivity index (χ3v) is 12.1. The summed E-state index contributed by atoms with van der Waals surface area (Å²) in [7, 11) is 2.05. The van der Waals surface area contributed by atoms with Gasteiger partial charge in [0, 0.05) is 63.2 Å². The van der Waals surface area contributed by atoms with Crippen molar-refractivity contribution < 1.29 is 27.8 Å². The van der Waals surface area contributed by atoms with Crippen LogP contribution in [0.4, 0.5) is 19.0 Å². The SMILES string of the molecule is CCc1c(F)ccc2cc(O)cc(-c3ccc4c(N5CCCn6nc(C(=O)N7CCN(C)CC7)cc6C5)nc(OC[C@@]56CCCN5C[C@H](F)C6)nc4c3F)c12. The van der Waals surface area contributed by atoms with E-state index in [4.69, 9.17) is 14.8 Å². The van der Waals surface area contributed by atoms with Gasteiger partial charge in [-0.15, -0.1) is 0 Å². The predicted molar refractivity (Wildman–Crippen MR) is 203 cm³/mol. The summed E-state index contributed by atoms with van der Waals surface area (Å²) < 4.78 is 55.3. The number of nitrogens with zero attached hydrogens (tertiary/aromatic N) is 8. The van der Waals surface area contributed by atoms with Crippen molar-refractivity contribution in [3.63, 3.8) is 0 Å². The predicted octanol–water partition coefficient (Wildman–Crippen LogP) is 5.95. The molecule has 1 N–H and O–H groups in total. The number of aromatic nitrogens is 4. The van der Waals surface area contributed by atoms with Crippen LogP contribution in [0.1, 0.15) is 54.4 Å². The minimum atomic E-state index is -0.943. The molecule has 55 heavy (non-hydrogen) atoms. The van der Waals surface area contributed by atoms with Crippen molar-refractivity contribution in [3.05, 3.63) is 71.1 Å². The first-order valence-corrected chi connectivity index (χ1v) is 19.4. The number of rotatable bonds is 7. The molecule has 14 heteroatoms. The van der Waals surface area contributed by atoms with Crippen molar-refractivity contribution >= 4 is 33.4 Å². The fourth-order valence-corrected chi connectivity index (χ4v) is 9.26. The van der Waals surface area contributed by atoms with E-state index in [1.165, 1.54) is 12.1 Å². The van der Waals surface area contributed by atoms with Crippen LogP contribution >= 0.6 is 0 Å². The molecule has 0 radical (unpaired) electrons. The minimum Gasteiger partial charge on any atom is -0.508 e. The smallest absolute Gasteiger partial charge is 0.319 e. The van der Waals surface area contributed by atoms with Crippen LogP contribution in [0.15, 0.2) is 42.5 Å². The molecule has 4 aliphatic heterocycles. The molecule has 2 atom stereocenters. The van der Waals surface area contributed by atoms with E-state index in [2.05, 4.69) is 14.8 Å². The number of amides is 1. The number of phenolic OH excluding ortho intramolecular Hbond substituents is 1. The topological polar surface area (TPSA) is 103 Å². The summed E-state index contributed by atoms with van der Waals surface area (Å²) >= 11 is 0. The van der Waals surface area contributed by atoms with Gasteiger partial charge in [0.05, 0.1) is 17.8 Å². The van der Waals surface area contributed by atoms with Gasteiger partial charge in [-0.05, 0) is 91.5 Å². The Labute approximate surface area is 317 Å². The fourth-order valence-electron chi connectivity index (χ4n) is 9.26. The molecule has 11 nitrogen and oxygen atoms in total. The number of likely N-dealkylation sites (N-methyl/N-ethyl adjacent to an activating group) is 1. The Balaban J connectivity index is 1.13. The van der Waals surface area contributed by atoms with Crippen molar-refractivity contribution in [3.8, 4) is 22.9 Å². The van der Waals surface area contributed by atoms with Crippen molar-refractivity contribution in [2.24, 2.45) is 0 Å². The van der Waals surface area contributed by atoms with Crippen LogP contribution in [0.2, 0.25) is 0 Å². The highest BCUT2D eigenvalue weighted by molar-refractivity contribution is 6.03. The average molecular weight is 755 g/mol. The van der Waals surface area contributed by atoms with Crippen LogP contribution < -0.4 is 9.64 Å². The maximum absolute atomic E-state index is 17.2. The lowest BCUT2D eigenvalue weighted by Crippen LogP contribution is -2.47. The number of aromatic hydroxyl groups is 1. The van der Waals surface area contributed by atoms with Crippen molar-refractivity contribution in [2.75, 3.05) is 64.4 Å². The van der Waals surface area contributed by atoms with Gasteiger partial charge in [0.2, 0.25) is 0 Å². The van der Waals surface area contributed by atoms with Crippen LogP contribution in [0.25, 0.3) is 32.8 Å². The van der Waals surface area contributed by atoms with Gasteiger partial charge in [-0.1, -0.05) is 19.1 Å². The van der Waals surface area contributed by atoms with Crippen molar-refractivity contribution in [1.29, 1.82) is 0 Å². The number of aryl methyl sites for hydroxylation is 2. The number of carbonyl (C=O) groups excluding carboxylic acids is 1. The van der Waals surface area contributed by atoms with E-state index in [-0.39, 0.29) is 35.4 Å². The molecule has 2 aromatic heterocycles. The highest BCUT2D eigenvalue weighted by Gasteiger charge is 2.49. The first kappa shape index (κ1) is 35.7. The van der Waals surface area contributed by atoms with E-state index in [1.54, 1.807) is 24.3 Å². The molecule has 3 saturated heterocycles. The molecule has 0 bridgehead atoms. The zero-order valence-corrected chi connectivity index (χ0v) is 31.2. The van der Waals surface area contributed by atoms with E-state index in [1.807, 2.05) is 34.5 Å². The van der Waals surface area contributed by atoms with Crippen LogP contribution in [0, 0.1) is 11.6 Å². The molecule has 3 fully saturated rings. The summed E-state index contributed by atoms with van der Waals surface area (Å²) in [6.07, 6.45) is 2.21. The molecule has 0 saturated carbocycles. The molecule has 0 aliphatic carbocycles. The number of ether oxygens (including phenoxy) is 1. The van der Waals surface area contributed by atoms with Gasteiger partial charge in [0.15, 0.2) is 11.5 Å². The van der Waals surface area contributed by atoms with E-state index in [9.17, 15) is 14.3 Å². The molecule has 9 rings (SSSR count). The minimum absolute atomic E-state index is 0.0164. The molecule has 1 amide bonds. The first-order valence-electron chi connectivity index (χ1n) is 19.4. The van der Waals surface area contributed by atoms with E-state index in [0.717, 1.165) is 38.2 Å². The maximum Gasteiger partial charge on any atom is 0.319 e. The summed E-state index contributed by atoms with van der Waals surface area (Å²) in [5.74, 6) is -0.762. The normalized spacial score (nSPS) is 22.0.